The molecule has 2 aliphatic heterocycles. The Kier molecular flexibility index (Phi) is 2.44. The minimum absolute atomic E-state index is 0.269. The third-order valence-corrected chi connectivity index (χ3v) is 3.84. The molecule has 2 N–H and O–H groups in total. The van der Waals surface area contributed by atoms with Gasteiger partial charge in [-0.15, -0.1) is 10.2 Å². The van der Waals surface area contributed by atoms with Crippen LogP contribution in [0.25, 0.3) is 0 Å². The zero-order valence-electron chi connectivity index (χ0n) is 9.76. The molecule has 1 fully saturated rings. The molecule has 5 nitrogen and oxygen atoms in total. The number of hydrogen-bond acceptors (Lipinski definition) is 4. The Morgan fingerprint density at radius 2 is 2.12 bits per heavy atom. The van der Waals surface area contributed by atoms with E-state index in [1.54, 1.807) is 0 Å². The van der Waals surface area contributed by atoms with Gasteiger partial charge >= 0.3 is 0 Å². The zero-order chi connectivity index (χ0) is 11.1. The summed E-state index contributed by atoms with van der Waals surface area (Å²) in [6.45, 7) is 2.16. The van der Waals surface area contributed by atoms with Crippen molar-refractivity contribution in [2.24, 2.45) is 5.73 Å². The summed E-state index contributed by atoms with van der Waals surface area (Å²) in [6, 6.07) is 0.737. The van der Waals surface area contributed by atoms with E-state index in [4.69, 9.17) is 5.73 Å². The molecule has 0 bridgehead atoms. The Morgan fingerprint density at radius 3 is 2.88 bits per heavy atom. The lowest BCUT2D eigenvalue weighted by Crippen LogP contribution is -2.32. The van der Waals surface area contributed by atoms with Crippen molar-refractivity contribution in [2.45, 2.75) is 44.3 Å². The molecule has 3 rings (SSSR count). The average molecular weight is 221 g/mol. The number of fused-ring (bicyclic) bond motifs is 1. The Balaban J connectivity index is 1.91. The highest BCUT2D eigenvalue weighted by molar-refractivity contribution is 5.06. The quantitative estimate of drug-likeness (QED) is 0.742. The van der Waals surface area contributed by atoms with Gasteiger partial charge in [0, 0.05) is 19.0 Å². The molecular formula is C11H19N5. The van der Waals surface area contributed by atoms with Crippen molar-refractivity contribution in [1.29, 1.82) is 0 Å². The van der Waals surface area contributed by atoms with Gasteiger partial charge in [-0.3, -0.25) is 4.90 Å². The van der Waals surface area contributed by atoms with Gasteiger partial charge in [-0.05, 0) is 32.9 Å². The lowest BCUT2D eigenvalue weighted by atomic mass is 10.1. The first-order valence-corrected chi connectivity index (χ1v) is 6.13. The fourth-order valence-electron chi connectivity index (χ4n) is 2.86. The van der Waals surface area contributed by atoms with E-state index < -0.39 is 0 Å². The highest BCUT2D eigenvalue weighted by Crippen LogP contribution is 2.30. The molecule has 88 valence electrons. The van der Waals surface area contributed by atoms with E-state index in [1.807, 2.05) is 0 Å². The van der Waals surface area contributed by atoms with Gasteiger partial charge in [0.05, 0.1) is 6.04 Å². The van der Waals surface area contributed by atoms with E-state index in [-0.39, 0.29) is 6.04 Å². The average Bonchev–Trinajstić information content (AvgIpc) is 2.83. The lowest BCUT2D eigenvalue weighted by molar-refractivity contribution is 0.292. The number of nitrogens with two attached hydrogens (primary N) is 1. The first-order chi connectivity index (χ1) is 7.75. The topological polar surface area (TPSA) is 60.0 Å². The van der Waals surface area contributed by atoms with Gasteiger partial charge in [0.25, 0.3) is 0 Å². The third kappa shape index (κ3) is 1.55. The van der Waals surface area contributed by atoms with E-state index >= 15 is 0 Å². The fraction of sp³-hybridized carbons (Fsp3) is 0.818. The molecule has 2 atom stereocenters. The maximum atomic E-state index is 5.95. The largest absolute Gasteiger partial charge is 0.327 e. The number of aromatic nitrogens is 3. The smallest absolute Gasteiger partial charge is 0.150 e. The minimum atomic E-state index is 0.269. The summed E-state index contributed by atoms with van der Waals surface area (Å²) in [4.78, 5) is 2.38. The molecule has 0 amide bonds. The first-order valence-electron chi connectivity index (χ1n) is 6.13. The van der Waals surface area contributed by atoms with E-state index in [0.29, 0.717) is 6.04 Å². The molecule has 2 unspecified atom stereocenters. The number of likely N-dealkylation sites (tertiary alicyclic amines) is 1. The van der Waals surface area contributed by atoms with Crippen molar-refractivity contribution in [1.82, 2.24) is 19.7 Å². The van der Waals surface area contributed by atoms with Crippen molar-refractivity contribution in [2.75, 3.05) is 13.6 Å². The second kappa shape index (κ2) is 3.82. The molecule has 0 saturated carbocycles. The van der Waals surface area contributed by atoms with Crippen molar-refractivity contribution in [3.05, 3.63) is 11.6 Å². The summed E-state index contributed by atoms with van der Waals surface area (Å²) < 4.78 is 2.29. The summed E-state index contributed by atoms with van der Waals surface area (Å²) in [7, 11) is 2.17. The lowest BCUT2D eigenvalue weighted by Gasteiger charge is -2.24. The van der Waals surface area contributed by atoms with Crippen LogP contribution in [0.2, 0.25) is 0 Å². The minimum Gasteiger partial charge on any atom is -0.327 e. The summed E-state index contributed by atoms with van der Waals surface area (Å²) in [5.74, 6) is 2.23. The van der Waals surface area contributed by atoms with Crippen LogP contribution >= 0.6 is 0 Å². The Hall–Kier alpha value is -0.940. The van der Waals surface area contributed by atoms with Gasteiger partial charge in [-0.25, -0.2) is 0 Å². The standard InChI is InChI=1S/C11H19N5/c1-15-5-2-3-9(15)11-14-13-10-7-8(12)4-6-16(10)11/h8-9H,2-7,12H2,1H3. The van der Waals surface area contributed by atoms with Gasteiger partial charge in [-0.2, -0.15) is 0 Å². The number of rotatable bonds is 1. The van der Waals surface area contributed by atoms with Crippen LogP contribution in [0.15, 0.2) is 0 Å². The summed E-state index contributed by atoms with van der Waals surface area (Å²) in [5.41, 5.74) is 5.95. The molecule has 3 heterocycles. The van der Waals surface area contributed by atoms with Crippen LogP contribution in [-0.2, 0) is 13.0 Å². The van der Waals surface area contributed by atoms with Crippen LogP contribution in [0.3, 0.4) is 0 Å². The van der Waals surface area contributed by atoms with Gasteiger partial charge in [0.2, 0.25) is 0 Å². The first kappa shape index (κ1) is 10.2. The van der Waals surface area contributed by atoms with Crippen LogP contribution in [0.1, 0.15) is 37.0 Å². The van der Waals surface area contributed by atoms with Crippen molar-refractivity contribution < 1.29 is 0 Å². The molecule has 0 aromatic carbocycles. The molecule has 0 spiro atoms. The van der Waals surface area contributed by atoms with Crippen LogP contribution in [0.5, 0.6) is 0 Å². The van der Waals surface area contributed by atoms with Gasteiger partial charge in [-0.1, -0.05) is 0 Å². The Bertz CT molecular complexity index is 386. The third-order valence-electron chi connectivity index (χ3n) is 3.84. The van der Waals surface area contributed by atoms with E-state index in [0.717, 1.165) is 31.0 Å². The maximum Gasteiger partial charge on any atom is 0.150 e. The van der Waals surface area contributed by atoms with Crippen LogP contribution in [0, 0.1) is 0 Å². The van der Waals surface area contributed by atoms with Gasteiger partial charge < -0.3 is 10.3 Å². The van der Waals surface area contributed by atoms with Crippen molar-refractivity contribution in [3.8, 4) is 0 Å². The molecule has 5 heteroatoms. The predicted molar refractivity (Wildman–Crippen MR) is 60.9 cm³/mol. The van der Waals surface area contributed by atoms with Crippen molar-refractivity contribution >= 4 is 0 Å². The van der Waals surface area contributed by atoms with Crippen molar-refractivity contribution in [3.63, 3.8) is 0 Å². The van der Waals surface area contributed by atoms with E-state index in [9.17, 15) is 0 Å². The van der Waals surface area contributed by atoms with Gasteiger partial charge in [0.15, 0.2) is 0 Å². The predicted octanol–water partition coefficient (Wildman–Crippen LogP) is 0.318. The number of hydrogen-bond donors (Lipinski definition) is 1. The molecular weight excluding hydrogens is 202 g/mol. The Labute approximate surface area is 95.6 Å². The molecule has 1 aromatic rings. The van der Waals surface area contributed by atoms with E-state index in [2.05, 4.69) is 26.7 Å². The highest BCUT2D eigenvalue weighted by atomic mass is 15.3. The second-order valence-electron chi connectivity index (χ2n) is 5.02. The van der Waals surface area contributed by atoms with Crippen LogP contribution in [-0.4, -0.2) is 39.3 Å². The molecule has 0 radical (unpaired) electrons. The Morgan fingerprint density at radius 1 is 1.25 bits per heavy atom. The second-order valence-corrected chi connectivity index (χ2v) is 5.02. The SMILES string of the molecule is CN1CCCC1c1nnc2n1CCC(N)C2. The molecule has 1 saturated heterocycles. The fourth-order valence-corrected chi connectivity index (χ4v) is 2.86. The number of nitrogens with zero attached hydrogens (tertiary/aromatic N) is 4. The normalized spacial score (nSPS) is 30.6. The van der Waals surface area contributed by atoms with Gasteiger partial charge in [0.1, 0.15) is 11.6 Å². The zero-order valence-corrected chi connectivity index (χ0v) is 9.76. The van der Waals surface area contributed by atoms with Crippen LogP contribution in [0.4, 0.5) is 0 Å². The highest BCUT2D eigenvalue weighted by Gasteiger charge is 2.30. The summed E-state index contributed by atoms with van der Waals surface area (Å²) in [5, 5.41) is 8.67. The summed E-state index contributed by atoms with van der Waals surface area (Å²) >= 11 is 0. The monoisotopic (exact) mass is 221 g/mol. The molecule has 0 aliphatic carbocycles. The summed E-state index contributed by atoms with van der Waals surface area (Å²) in [6.07, 6.45) is 4.40. The van der Waals surface area contributed by atoms with E-state index in [1.165, 1.54) is 19.4 Å². The van der Waals surface area contributed by atoms with Crippen LogP contribution < -0.4 is 5.73 Å². The maximum absolute atomic E-state index is 5.95. The molecule has 16 heavy (non-hydrogen) atoms. The molecule has 1 aromatic heterocycles. The molecule has 2 aliphatic rings.